The van der Waals surface area contributed by atoms with Gasteiger partial charge in [0.05, 0.1) is 19.8 Å². The molecule has 8 heteroatoms. The van der Waals surface area contributed by atoms with Crippen molar-refractivity contribution in [3.8, 4) is 23.0 Å². The van der Waals surface area contributed by atoms with Crippen LogP contribution in [0.2, 0.25) is 0 Å². The average molecular weight is 543 g/mol. The third kappa shape index (κ3) is 6.00. The van der Waals surface area contributed by atoms with E-state index in [0.717, 1.165) is 5.56 Å². The van der Waals surface area contributed by atoms with E-state index in [4.69, 9.17) is 23.0 Å². The highest BCUT2D eigenvalue weighted by atomic mass is 31.2. The number of rotatable bonds is 10. The summed E-state index contributed by atoms with van der Waals surface area (Å²) < 4.78 is 42.6. The Morgan fingerprint density at radius 3 is 1.77 bits per heavy atom. The molecule has 0 fully saturated rings. The Kier molecular flexibility index (Phi) is 7.71. The topological polar surface area (TPSA) is 80.3 Å². The molecule has 7 nitrogen and oxygen atoms in total. The van der Waals surface area contributed by atoms with Crippen molar-refractivity contribution in [3.05, 3.63) is 126 Å². The lowest BCUT2D eigenvalue weighted by Crippen LogP contribution is -2.16. The standard InChI is InChI=1S/C31H27O7P/c1-34-24-16-13-22(14-17-24)31(32)30-28-19-18-27(35-2)21-23(28)15-20-29(30)38-39(33,36-25-9-5-3-6-10-25)37-26-11-7-4-8-12-26/h3-14,16-19,21H,15,20H2,1-2H3. The third-order valence-electron chi connectivity index (χ3n) is 6.20. The third-order valence-corrected chi connectivity index (χ3v) is 7.52. The van der Waals surface area contributed by atoms with Gasteiger partial charge in [0, 0.05) is 12.0 Å². The molecule has 198 valence electrons. The van der Waals surface area contributed by atoms with Gasteiger partial charge in [-0.2, -0.15) is 4.57 Å². The Hall–Kier alpha value is -4.48. The Bertz CT molecular complexity index is 1490. The van der Waals surface area contributed by atoms with Crippen LogP contribution in [0.25, 0.3) is 5.57 Å². The fourth-order valence-corrected chi connectivity index (χ4v) is 5.63. The number of aryl methyl sites for hydroxylation is 1. The fraction of sp³-hybridized carbons (Fsp3) is 0.129. The van der Waals surface area contributed by atoms with Crippen LogP contribution >= 0.6 is 7.82 Å². The van der Waals surface area contributed by atoms with Crippen LogP contribution in [0.4, 0.5) is 0 Å². The van der Waals surface area contributed by atoms with Crippen LogP contribution in [0, 0.1) is 0 Å². The predicted octanol–water partition coefficient (Wildman–Crippen LogP) is 7.53. The van der Waals surface area contributed by atoms with Gasteiger partial charge in [0.2, 0.25) is 0 Å². The first kappa shape index (κ1) is 26.1. The Labute approximate surface area is 227 Å². The summed E-state index contributed by atoms with van der Waals surface area (Å²) in [6.07, 6.45) is 0.843. The summed E-state index contributed by atoms with van der Waals surface area (Å²) in [5.41, 5.74) is 2.31. The van der Waals surface area contributed by atoms with Crippen LogP contribution in [0.3, 0.4) is 0 Å². The number of fused-ring (bicyclic) bond motifs is 1. The van der Waals surface area contributed by atoms with Gasteiger partial charge >= 0.3 is 7.82 Å². The Balaban J connectivity index is 1.60. The maximum absolute atomic E-state index is 14.2. The van der Waals surface area contributed by atoms with Crippen LogP contribution in [-0.2, 0) is 15.5 Å². The number of ketones is 1. The molecule has 0 spiro atoms. The molecule has 0 radical (unpaired) electrons. The number of para-hydroxylation sites is 2. The molecule has 1 aliphatic carbocycles. The first-order valence-electron chi connectivity index (χ1n) is 12.4. The van der Waals surface area contributed by atoms with Crippen molar-refractivity contribution >= 4 is 19.2 Å². The van der Waals surface area contributed by atoms with Gasteiger partial charge in [0.1, 0.15) is 28.8 Å². The minimum atomic E-state index is -4.29. The van der Waals surface area contributed by atoms with Gasteiger partial charge in [-0.15, -0.1) is 0 Å². The summed E-state index contributed by atoms with van der Waals surface area (Å²) in [4.78, 5) is 13.9. The van der Waals surface area contributed by atoms with Gasteiger partial charge in [-0.05, 0) is 78.2 Å². The van der Waals surface area contributed by atoms with Crippen LogP contribution in [-0.4, -0.2) is 20.0 Å². The molecule has 4 aromatic rings. The molecule has 0 unspecified atom stereocenters. The second-order valence-electron chi connectivity index (χ2n) is 8.73. The van der Waals surface area contributed by atoms with E-state index >= 15 is 0 Å². The molecule has 0 atom stereocenters. The van der Waals surface area contributed by atoms with Crippen LogP contribution in [0.5, 0.6) is 23.0 Å². The second kappa shape index (κ2) is 11.5. The number of ether oxygens (including phenoxy) is 2. The highest BCUT2D eigenvalue weighted by molar-refractivity contribution is 7.49. The van der Waals surface area contributed by atoms with E-state index in [1.54, 1.807) is 93.1 Å². The van der Waals surface area contributed by atoms with E-state index in [1.165, 1.54) is 0 Å². The molecule has 0 saturated heterocycles. The summed E-state index contributed by atoms with van der Waals surface area (Å²) in [5.74, 6) is 1.86. The molecule has 0 saturated carbocycles. The lowest BCUT2D eigenvalue weighted by molar-refractivity contribution is 0.105. The second-order valence-corrected chi connectivity index (χ2v) is 10.2. The summed E-state index contributed by atoms with van der Waals surface area (Å²) >= 11 is 0. The number of carbonyl (C=O) groups is 1. The lowest BCUT2D eigenvalue weighted by atomic mass is 9.85. The highest BCUT2D eigenvalue weighted by Crippen LogP contribution is 2.53. The molecule has 0 amide bonds. The van der Waals surface area contributed by atoms with E-state index in [9.17, 15) is 9.36 Å². The zero-order valence-electron chi connectivity index (χ0n) is 21.5. The molecular weight excluding hydrogens is 515 g/mol. The van der Waals surface area contributed by atoms with Crippen LogP contribution in [0.15, 0.2) is 109 Å². The first-order chi connectivity index (χ1) is 19.0. The van der Waals surface area contributed by atoms with Gasteiger partial charge in [0.15, 0.2) is 5.78 Å². The lowest BCUT2D eigenvalue weighted by Gasteiger charge is -2.26. The van der Waals surface area contributed by atoms with Crippen molar-refractivity contribution in [3.63, 3.8) is 0 Å². The minimum Gasteiger partial charge on any atom is -0.497 e. The summed E-state index contributed by atoms with van der Waals surface area (Å²) in [6, 6.07) is 29.6. The highest BCUT2D eigenvalue weighted by Gasteiger charge is 2.37. The molecule has 5 rings (SSSR count). The number of allylic oxidation sites excluding steroid dienone is 2. The van der Waals surface area contributed by atoms with Crippen molar-refractivity contribution in [1.29, 1.82) is 0 Å². The normalized spacial score (nSPS) is 12.8. The quantitative estimate of drug-likeness (QED) is 0.151. The van der Waals surface area contributed by atoms with Gasteiger partial charge < -0.3 is 23.0 Å². The van der Waals surface area contributed by atoms with Crippen molar-refractivity contribution in [2.24, 2.45) is 0 Å². The zero-order chi connectivity index (χ0) is 27.2. The number of phosphoric ester groups is 1. The van der Waals surface area contributed by atoms with Crippen molar-refractivity contribution in [1.82, 2.24) is 0 Å². The number of phosphoric acid groups is 1. The van der Waals surface area contributed by atoms with E-state index in [1.807, 2.05) is 24.3 Å². The van der Waals surface area contributed by atoms with Gasteiger partial charge in [-0.1, -0.05) is 42.5 Å². The van der Waals surface area contributed by atoms with Crippen LogP contribution in [0.1, 0.15) is 27.9 Å². The number of carbonyl (C=O) groups excluding carboxylic acids is 1. The molecular formula is C31H27O7P. The number of methoxy groups -OCH3 is 2. The van der Waals surface area contributed by atoms with E-state index in [2.05, 4.69) is 0 Å². The maximum Gasteiger partial charge on any atom is 0.646 e. The first-order valence-corrected chi connectivity index (χ1v) is 13.8. The minimum absolute atomic E-state index is 0.226. The Morgan fingerprint density at radius 1 is 0.641 bits per heavy atom. The summed E-state index contributed by atoms with van der Waals surface area (Å²) in [5, 5.41) is 0. The van der Waals surface area contributed by atoms with E-state index < -0.39 is 7.82 Å². The van der Waals surface area contributed by atoms with Gasteiger partial charge in [-0.3, -0.25) is 4.79 Å². The number of hydrogen-bond acceptors (Lipinski definition) is 7. The van der Waals surface area contributed by atoms with Crippen molar-refractivity contribution in [2.45, 2.75) is 12.8 Å². The average Bonchev–Trinajstić information content (AvgIpc) is 2.97. The predicted molar refractivity (Wildman–Crippen MR) is 148 cm³/mol. The van der Waals surface area contributed by atoms with Gasteiger partial charge in [0.25, 0.3) is 0 Å². The van der Waals surface area contributed by atoms with Crippen molar-refractivity contribution < 1.29 is 32.4 Å². The molecule has 0 heterocycles. The maximum atomic E-state index is 14.2. The number of Topliss-reactive ketones (excluding diaryl/α,β-unsaturated/α-hetero) is 1. The molecule has 4 aromatic carbocycles. The summed E-state index contributed by atoms with van der Waals surface area (Å²) in [6.45, 7) is 0. The molecule has 0 bridgehead atoms. The molecule has 39 heavy (non-hydrogen) atoms. The Morgan fingerprint density at radius 2 is 1.21 bits per heavy atom. The molecule has 0 aromatic heterocycles. The molecule has 0 N–H and O–H groups in total. The molecule has 1 aliphatic rings. The SMILES string of the molecule is COc1ccc(C(=O)C2=C(OP(=O)(Oc3ccccc3)Oc3ccccc3)CCc3cc(OC)ccc32)cc1. The largest absolute Gasteiger partial charge is 0.646 e. The van der Waals surface area contributed by atoms with Crippen LogP contribution < -0.4 is 18.5 Å². The summed E-state index contributed by atoms with van der Waals surface area (Å²) in [7, 11) is -1.14. The number of hydrogen-bond donors (Lipinski definition) is 0. The monoisotopic (exact) mass is 542 g/mol. The smallest absolute Gasteiger partial charge is 0.497 e. The number of benzene rings is 4. The fourth-order valence-electron chi connectivity index (χ4n) is 4.31. The molecule has 0 aliphatic heterocycles. The van der Waals surface area contributed by atoms with Crippen molar-refractivity contribution in [2.75, 3.05) is 14.2 Å². The van der Waals surface area contributed by atoms with E-state index in [0.29, 0.717) is 47.0 Å². The van der Waals surface area contributed by atoms with Gasteiger partial charge in [-0.25, -0.2) is 0 Å². The zero-order valence-corrected chi connectivity index (χ0v) is 22.4. The van der Waals surface area contributed by atoms with E-state index in [-0.39, 0.29) is 17.1 Å².